The third-order valence-electron chi connectivity index (χ3n) is 3.50. The second kappa shape index (κ2) is 7.06. The normalized spacial score (nSPS) is 13.3. The lowest BCUT2D eigenvalue weighted by Crippen LogP contribution is -2.13. The molecule has 24 heavy (non-hydrogen) atoms. The molecule has 0 aliphatic carbocycles. The molecule has 3 heterocycles. The lowest BCUT2D eigenvalue weighted by Gasteiger charge is -2.11. The third-order valence-corrected chi connectivity index (χ3v) is 5.52. The third kappa shape index (κ3) is 4.05. The Morgan fingerprint density at radius 1 is 1.38 bits per heavy atom. The highest BCUT2D eigenvalue weighted by atomic mass is 32.2. The summed E-state index contributed by atoms with van der Waals surface area (Å²) in [6, 6.07) is 4.23. The van der Waals surface area contributed by atoms with Gasteiger partial charge in [0.25, 0.3) is 0 Å². The fourth-order valence-electron chi connectivity index (χ4n) is 2.09. The maximum atomic E-state index is 5.42. The summed E-state index contributed by atoms with van der Waals surface area (Å²) in [5.74, 6) is 1.35. The topological polar surface area (TPSA) is 69.6 Å². The van der Waals surface area contributed by atoms with Gasteiger partial charge in [-0.2, -0.15) is 4.98 Å². The maximum absolute atomic E-state index is 5.42. The first-order valence-electron chi connectivity index (χ1n) is 7.84. The average molecular weight is 364 g/mol. The number of hydrogen-bond acceptors (Lipinski definition) is 7. The summed E-state index contributed by atoms with van der Waals surface area (Å²) in [7, 11) is 0. The van der Waals surface area contributed by atoms with E-state index in [0.717, 1.165) is 23.9 Å². The highest BCUT2D eigenvalue weighted by Crippen LogP contribution is 2.33. The van der Waals surface area contributed by atoms with Crippen molar-refractivity contribution in [2.24, 2.45) is 0 Å². The van der Waals surface area contributed by atoms with Crippen LogP contribution < -0.4 is 0 Å². The van der Waals surface area contributed by atoms with Crippen molar-refractivity contribution in [1.82, 2.24) is 24.9 Å². The van der Waals surface area contributed by atoms with E-state index in [0.29, 0.717) is 5.89 Å². The smallest absolute Gasteiger partial charge is 0.239 e. The van der Waals surface area contributed by atoms with Crippen LogP contribution >= 0.6 is 23.1 Å². The second-order valence-electron chi connectivity index (χ2n) is 6.60. The van der Waals surface area contributed by atoms with Crippen LogP contribution in [0.1, 0.15) is 49.5 Å². The van der Waals surface area contributed by atoms with Gasteiger partial charge in [-0.05, 0) is 24.8 Å². The van der Waals surface area contributed by atoms with Crippen LogP contribution in [0.25, 0.3) is 0 Å². The van der Waals surface area contributed by atoms with E-state index < -0.39 is 0 Å². The van der Waals surface area contributed by atoms with Crippen LogP contribution in [-0.4, -0.2) is 24.9 Å². The molecule has 0 saturated heterocycles. The first kappa shape index (κ1) is 17.2. The van der Waals surface area contributed by atoms with Crippen molar-refractivity contribution in [3.63, 3.8) is 0 Å². The van der Waals surface area contributed by atoms with Crippen molar-refractivity contribution in [3.8, 4) is 0 Å². The van der Waals surface area contributed by atoms with Crippen LogP contribution in [-0.2, 0) is 18.4 Å². The molecule has 0 aliphatic heterocycles. The van der Waals surface area contributed by atoms with Crippen molar-refractivity contribution in [3.05, 3.63) is 40.4 Å². The van der Waals surface area contributed by atoms with Crippen LogP contribution in [0, 0.1) is 0 Å². The van der Waals surface area contributed by atoms with Crippen molar-refractivity contribution >= 4 is 23.1 Å². The maximum Gasteiger partial charge on any atom is 0.239 e. The monoisotopic (exact) mass is 363 g/mol. The van der Waals surface area contributed by atoms with Gasteiger partial charge < -0.3 is 9.09 Å². The molecule has 6 nitrogen and oxygen atoms in total. The molecule has 0 N–H and O–H groups in total. The van der Waals surface area contributed by atoms with Crippen molar-refractivity contribution in [2.75, 3.05) is 0 Å². The number of rotatable bonds is 6. The molecule has 0 spiro atoms. The number of hydrogen-bond donors (Lipinski definition) is 0. The number of thiophene rings is 1. The van der Waals surface area contributed by atoms with E-state index in [1.54, 1.807) is 29.4 Å². The molecule has 3 aromatic rings. The Bertz CT molecular complexity index is 773. The Labute approximate surface area is 149 Å². The number of thioether (sulfide) groups is 1. The largest absolute Gasteiger partial charge is 0.338 e. The van der Waals surface area contributed by atoms with Crippen molar-refractivity contribution in [1.29, 1.82) is 0 Å². The lowest BCUT2D eigenvalue weighted by molar-refractivity contribution is 0.364. The molecular weight excluding hydrogens is 342 g/mol. The minimum absolute atomic E-state index is 0.0262. The van der Waals surface area contributed by atoms with Crippen molar-refractivity contribution in [2.45, 2.75) is 56.5 Å². The van der Waals surface area contributed by atoms with Crippen LogP contribution in [0.5, 0.6) is 0 Å². The Balaban J connectivity index is 1.65. The number of aromatic nitrogens is 5. The van der Waals surface area contributed by atoms with Gasteiger partial charge in [0.2, 0.25) is 5.89 Å². The SMILES string of the molecule is CC(Sc1nncn1CCc1cccs1)c1nc(C(C)(C)C)no1. The standard InChI is InChI=1S/C16H21N5OS2/c1-11(13-18-14(20-22-13)16(2,3)4)24-15-19-17-10-21(15)8-7-12-6-5-9-23-12/h5-6,9-11H,7-8H2,1-4H3. The zero-order valence-electron chi connectivity index (χ0n) is 14.3. The fraction of sp³-hybridized carbons (Fsp3) is 0.500. The molecule has 0 bridgehead atoms. The second-order valence-corrected chi connectivity index (χ2v) is 8.94. The predicted molar refractivity (Wildman–Crippen MR) is 95.3 cm³/mol. The van der Waals surface area contributed by atoms with Crippen LogP contribution in [0.4, 0.5) is 0 Å². The first-order valence-corrected chi connectivity index (χ1v) is 9.60. The van der Waals surface area contributed by atoms with Gasteiger partial charge in [-0.1, -0.05) is 43.8 Å². The van der Waals surface area contributed by atoms with Crippen LogP contribution in [0.3, 0.4) is 0 Å². The van der Waals surface area contributed by atoms with Crippen molar-refractivity contribution < 1.29 is 4.52 Å². The summed E-state index contributed by atoms with van der Waals surface area (Å²) in [5.41, 5.74) is -0.118. The minimum atomic E-state index is -0.118. The molecule has 128 valence electrons. The molecule has 0 aromatic carbocycles. The van der Waals surface area contributed by atoms with Gasteiger partial charge in [-0.15, -0.1) is 21.5 Å². The van der Waals surface area contributed by atoms with Crippen LogP contribution in [0.15, 0.2) is 33.5 Å². The molecule has 0 aliphatic rings. The van der Waals surface area contributed by atoms with Gasteiger partial charge in [-0.3, -0.25) is 0 Å². The zero-order chi connectivity index (χ0) is 17.2. The Morgan fingerprint density at radius 2 is 2.21 bits per heavy atom. The quantitative estimate of drug-likeness (QED) is 0.614. The van der Waals surface area contributed by atoms with E-state index in [1.807, 2.05) is 6.92 Å². The summed E-state index contributed by atoms with van der Waals surface area (Å²) in [4.78, 5) is 5.88. The van der Waals surface area contributed by atoms with Gasteiger partial charge in [0, 0.05) is 16.8 Å². The van der Waals surface area contributed by atoms with E-state index in [1.165, 1.54) is 4.88 Å². The molecular formula is C16H21N5OS2. The molecule has 0 amide bonds. The summed E-state index contributed by atoms with van der Waals surface area (Å²) in [5, 5.41) is 15.4. The summed E-state index contributed by atoms with van der Waals surface area (Å²) in [6.45, 7) is 9.12. The molecule has 3 rings (SSSR count). The Kier molecular flexibility index (Phi) is 5.05. The van der Waals surface area contributed by atoms with Gasteiger partial charge >= 0.3 is 0 Å². The van der Waals surface area contributed by atoms with E-state index in [-0.39, 0.29) is 10.7 Å². The Morgan fingerprint density at radius 3 is 2.88 bits per heavy atom. The van der Waals surface area contributed by atoms with E-state index in [2.05, 4.69) is 63.2 Å². The lowest BCUT2D eigenvalue weighted by atomic mass is 9.96. The summed E-state index contributed by atoms with van der Waals surface area (Å²) >= 11 is 3.36. The molecule has 0 fully saturated rings. The summed E-state index contributed by atoms with van der Waals surface area (Å²) < 4.78 is 7.49. The molecule has 1 unspecified atom stereocenters. The molecule has 0 radical (unpaired) electrons. The summed E-state index contributed by atoms with van der Waals surface area (Å²) in [6.07, 6.45) is 2.75. The molecule has 1 atom stereocenters. The fourth-order valence-corrected chi connectivity index (χ4v) is 3.67. The van der Waals surface area contributed by atoms with Gasteiger partial charge in [0.05, 0.1) is 5.25 Å². The molecule has 0 saturated carbocycles. The van der Waals surface area contributed by atoms with Gasteiger partial charge in [0.15, 0.2) is 11.0 Å². The zero-order valence-corrected chi connectivity index (χ0v) is 15.9. The van der Waals surface area contributed by atoms with Crippen LogP contribution in [0.2, 0.25) is 0 Å². The predicted octanol–water partition coefficient (Wildman–Crippen LogP) is 4.12. The highest BCUT2D eigenvalue weighted by Gasteiger charge is 2.24. The first-order chi connectivity index (χ1) is 11.4. The number of aryl methyl sites for hydroxylation is 2. The molecule has 8 heteroatoms. The minimum Gasteiger partial charge on any atom is -0.338 e. The number of nitrogens with zero attached hydrogens (tertiary/aromatic N) is 5. The molecule has 3 aromatic heterocycles. The van der Waals surface area contributed by atoms with Gasteiger partial charge in [-0.25, -0.2) is 0 Å². The average Bonchev–Trinajstić information content (AvgIpc) is 3.26. The van der Waals surface area contributed by atoms with E-state index in [9.17, 15) is 0 Å². The van der Waals surface area contributed by atoms with E-state index >= 15 is 0 Å². The van der Waals surface area contributed by atoms with E-state index in [4.69, 9.17) is 4.52 Å². The Hall–Kier alpha value is -1.67. The highest BCUT2D eigenvalue weighted by molar-refractivity contribution is 7.99. The van der Waals surface area contributed by atoms with Gasteiger partial charge in [0.1, 0.15) is 6.33 Å².